The minimum Gasteiger partial charge on any atom is -0.468 e. The van der Waals surface area contributed by atoms with Gasteiger partial charge in [-0.15, -0.1) is 11.3 Å². The van der Waals surface area contributed by atoms with Gasteiger partial charge in [0.2, 0.25) is 10.0 Å². The van der Waals surface area contributed by atoms with Gasteiger partial charge in [-0.3, -0.25) is 4.72 Å². The van der Waals surface area contributed by atoms with Gasteiger partial charge in [-0.05, 0) is 50.2 Å². The minimum atomic E-state index is -3.83. The zero-order valence-electron chi connectivity index (χ0n) is 14.6. The zero-order chi connectivity index (χ0) is 19.7. The summed E-state index contributed by atoms with van der Waals surface area (Å²) in [6.45, 7) is 3.55. The van der Waals surface area contributed by atoms with Gasteiger partial charge in [-0.2, -0.15) is 0 Å². The minimum absolute atomic E-state index is 0.00133. The topological polar surface area (TPSA) is 105 Å². The molecule has 3 aromatic rings. The molecule has 0 aliphatic rings. The van der Waals surface area contributed by atoms with Gasteiger partial charge in [0.15, 0.2) is 0 Å². The summed E-state index contributed by atoms with van der Waals surface area (Å²) in [6, 6.07) is 10.5. The molecule has 0 unspecified atom stereocenters. The lowest BCUT2D eigenvalue weighted by molar-refractivity contribution is 0.498. The van der Waals surface area contributed by atoms with E-state index in [1.807, 2.05) is 6.92 Å². The third-order valence-corrected chi connectivity index (χ3v) is 7.70. The first kappa shape index (κ1) is 19.6. The van der Waals surface area contributed by atoms with E-state index >= 15 is 0 Å². The van der Waals surface area contributed by atoms with Crippen molar-refractivity contribution in [2.45, 2.75) is 30.2 Å². The Morgan fingerprint density at radius 3 is 2.41 bits per heavy atom. The quantitative estimate of drug-likeness (QED) is 0.603. The zero-order valence-corrected chi connectivity index (χ0v) is 17.0. The molecule has 3 rings (SSSR count). The number of furan rings is 1. The number of aryl methyl sites for hydroxylation is 2. The van der Waals surface area contributed by atoms with E-state index in [4.69, 9.17) is 4.42 Å². The molecule has 7 nitrogen and oxygen atoms in total. The fraction of sp³-hybridized carbons (Fsp3) is 0.176. The van der Waals surface area contributed by atoms with E-state index in [2.05, 4.69) is 9.44 Å². The second-order valence-electron chi connectivity index (χ2n) is 5.81. The lowest BCUT2D eigenvalue weighted by Crippen LogP contribution is -2.23. The van der Waals surface area contributed by atoms with Crippen LogP contribution in [-0.4, -0.2) is 16.8 Å². The monoisotopic (exact) mass is 426 g/mol. The van der Waals surface area contributed by atoms with Crippen LogP contribution in [0, 0.1) is 13.8 Å². The fourth-order valence-corrected chi connectivity index (χ4v) is 6.12. The van der Waals surface area contributed by atoms with Crippen molar-refractivity contribution in [2.75, 3.05) is 4.72 Å². The molecule has 10 heteroatoms. The van der Waals surface area contributed by atoms with E-state index < -0.39 is 20.0 Å². The summed E-state index contributed by atoms with van der Waals surface area (Å²) in [5.41, 5.74) is 0.166. The van der Waals surface area contributed by atoms with Crippen molar-refractivity contribution >= 4 is 37.1 Å². The number of thiophene rings is 1. The molecule has 0 saturated carbocycles. The predicted octanol–water partition coefficient (Wildman–Crippen LogP) is 3.24. The molecule has 1 aromatic carbocycles. The van der Waals surface area contributed by atoms with Crippen LogP contribution in [0.3, 0.4) is 0 Å². The molecule has 0 saturated heterocycles. The van der Waals surface area contributed by atoms with Crippen molar-refractivity contribution in [3.05, 3.63) is 64.2 Å². The Balaban J connectivity index is 1.82. The van der Waals surface area contributed by atoms with Gasteiger partial charge >= 0.3 is 0 Å². The van der Waals surface area contributed by atoms with E-state index in [-0.39, 0.29) is 22.0 Å². The Morgan fingerprint density at radius 2 is 1.78 bits per heavy atom. The maximum atomic E-state index is 12.6. The molecule has 144 valence electrons. The predicted molar refractivity (Wildman–Crippen MR) is 104 cm³/mol. The van der Waals surface area contributed by atoms with Crippen molar-refractivity contribution in [2.24, 2.45) is 0 Å². The van der Waals surface area contributed by atoms with Crippen molar-refractivity contribution in [3.63, 3.8) is 0 Å². The summed E-state index contributed by atoms with van der Waals surface area (Å²) in [7, 11) is -7.63. The van der Waals surface area contributed by atoms with Crippen LogP contribution in [0.5, 0.6) is 0 Å². The van der Waals surface area contributed by atoms with Gasteiger partial charge < -0.3 is 4.42 Å². The molecule has 2 aromatic heterocycles. The van der Waals surface area contributed by atoms with Gasteiger partial charge in [0.25, 0.3) is 10.0 Å². The average molecular weight is 427 g/mol. The van der Waals surface area contributed by atoms with E-state index in [9.17, 15) is 16.8 Å². The van der Waals surface area contributed by atoms with E-state index in [0.29, 0.717) is 10.6 Å². The number of benzene rings is 1. The van der Waals surface area contributed by atoms with Crippen molar-refractivity contribution < 1.29 is 21.3 Å². The molecule has 0 amide bonds. The molecule has 0 aliphatic carbocycles. The molecule has 0 bridgehead atoms. The molecule has 0 spiro atoms. The van der Waals surface area contributed by atoms with E-state index in [1.165, 1.54) is 41.9 Å². The van der Waals surface area contributed by atoms with Crippen molar-refractivity contribution in [3.8, 4) is 0 Å². The first-order valence-corrected chi connectivity index (χ1v) is 11.7. The second kappa shape index (κ2) is 7.47. The number of nitrogens with one attached hydrogen (secondary N) is 2. The molecule has 2 N–H and O–H groups in total. The van der Waals surface area contributed by atoms with Gasteiger partial charge in [-0.1, -0.05) is 6.07 Å². The molecule has 0 aliphatic heterocycles. The van der Waals surface area contributed by atoms with Crippen LogP contribution in [0.2, 0.25) is 0 Å². The Hall–Kier alpha value is -2.14. The van der Waals surface area contributed by atoms with Crippen LogP contribution >= 0.6 is 11.3 Å². The summed E-state index contributed by atoms with van der Waals surface area (Å²) >= 11 is 1.39. The Bertz CT molecular complexity index is 1150. The standard InChI is InChI=1S/C17H18N2O5S3/c1-12-9-17(13(2)25-12)27(22,23)19-14-5-3-7-16(10-14)26(20,21)18-11-15-6-4-8-24-15/h3-10,18-19H,11H2,1-2H3. The molecule has 2 heterocycles. The van der Waals surface area contributed by atoms with Crippen LogP contribution in [0.4, 0.5) is 5.69 Å². The van der Waals surface area contributed by atoms with Crippen LogP contribution in [0.1, 0.15) is 15.5 Å². The molecule has 27 heavy (non-hydrogen) atoms. The first-order valence-electron chi connectivity index (χ1n) is 7.89. The van der Waals surface area contributed by atoms with Crippen molar-refractivity contribution in [1.29, 1.82) is 0 Å². The highest BCUT2D eigenvalue weighted by molar-refractivity contribution is 7.93. The molecule has 0 radical (unpaired) electrons. The molecule has 0 atom stereocenters. The van der Waals surface area contributed by atoms with Gasteiger partial charge in [0, 0.05) is 9.75 Å². The Morgan fingerprint density at radius 1 is 1.00 bits per heavy atom. The van der Waals surface area contributed by atoms with E-state index in [0.717, 1.165) is 4.88 Å². The summed E-state index contributed by atoms with van der Waals surface area (Å²) < 4.78 is 60.0. The number of rotatable bonds is 7. The second-order valence-corrected chi connectivity index (χ2v) is 10.7. The van der Waals surface area contributed by atoms with E-state index in [1.54, 1.807) is 25.1 Å². The first-order chi connectivity index (χ1) is 12.7. The Kier molecular flexibility index (Phi) is 5.43. The van der Waals surface area contributed by atoms with Crippen LogP contribution in [0.25, 0.3) is 0 Å². The third kappa shape index (κ3) is 4.59. The maximum Gasteiger partial charge on any atom is 0.262 e. The smallest absolute Gasteiger partial charge is 0.262 e. The van der Waals surface area contributed by atoms with Gasteiger partial charge in [0.1, 0.15) is 10.7 Å². The average Bonchev–Trinajstić information content (AvgIpc) is 3.22. The summed E-state index contributed by atoms with van der Waals surface area (Å²) in [6.07, 6.45) is 1.45. The highest BCUT2D eigenvalue weighted by Crippen LogP contribution is 2.27. The fourth-order valence-electron chi connectivity index (χ4n) is 2.47. The SMILES string of the molecule is Cc1cc(S(=O)(=O)Nc2cccc(S(=O)(=O)NCc3ccco3)c2)c(C)s1. The number of sulfonamides is 2. The van der Waals surface area contributed by atoms with Crippen LogP contribution in [0.15, 0.2) is 62.9 Å². The lowest BCUT2D eigenvalue weighted by Gasteiger charge is -2.10. The maximum absolute atomic E-state index is 12.6. The Labute approximate surface area is 162 Å². The van der Waals surface area contributed by atoms with Crippen LogP contribution in [-0.2, 0) is 26.6 Å². The third-order valence-electron chi connectivity index (χ3n) is 3.70. The number of anilines is 1. The highest BCUT2D eigenvalue weighted by Gasteiger charge is 2.21. The molecular formula is C17H18N2O5S3. The number of hydrogen-bond acceptors (Lipinski definition) is 6. The van der Waals surface area contributed by atoms with Gasteiger partial charge in [0.05, 0.1) is 23.4 Å². The molecular weight excluding hydrogens is 408 g/mol. The molecule has 0 fully saturated rings. The largest absolute Gasteiger partial charge is 0.468 e. The highest BCUT2D eigenvalue weighted by atomic mass is 32.2. The summed E-state index contributed by atoms with van der Waals surface area (Å²) in [5.74, 6) is 0.471. The van der Waals surface area contributed by atoms with Crippen LogP contribution < -0.4 is 9.44 Å². The van der Waals surface area contributed by atoms with Gasteiger partial charge in [-0.25, -0.2) is 21.6 Å². The number of hydrogen-bond donors (Lipinski definition) is 2. The normalized spacial score (nSPS) is 12.2. The summed E-state index contributed by atoms with van der Waals surface area (Å²) in [4.78, 5) is 1.69. The summed E-state index contributed by atoms with van der Waals surface area (Å²) in [5, 5.41) is 0. The van der Waals surface area contributed by atoms with Crippen molar-refractivity contribution in [1.82, 2.24) is 4.72 Å². The lowest BCUT2D eigenvalue weighted by atomic mass is 10.3.